The zero-order chi connectivity index (χ0) is 11.3. The molecule has 0 amide bonds. The molecule has 2 atom stereocenters. The van der Waals surface area contributed by atoms with Gasteiger partial charge in [0.25, 0.3) is 0 Å². The Morgan fingerprint density at radius 1 is 1.47 bits per heavy atom. The van der Waals surface area contributed by atoms with Crippen molar-refractivity contribution in [1.82, 2.24) is 0 Å². The molecule has 0 saturated carbocycles. The molecule has 0 aromatic carbocycles. The van der Waals surface area contributed by atoms with Gasteiger partial charge in [-0.3, -0.25) is 0 Å². The van der Waals surface area contributed by atoms with Gasteiger partial charge in [0.2, 0.25) is 0 Å². The maximum absolute atomic E-state index is 10.9. The third-order valence-electron chi connectivity index (χ3n) is 2.28. The van der Waals surface area contributed by atoms with Crippen molar-refractivity contribution in [3.63, 3.8) is 0 Å². The van der Waals surface area contributed by atoms with Gasteiger partial charge in [-0.05, 0) is 20.3 Å². The molecule has 0 aromatic rings. The van der Waals surface area contributed by atoms with Gasteiger partial charge in [0.1, 0.15) is 12.7 Å². The lowest BCUT2D eigenvalue weighted by Crippen LogP contribution is -2.27. The molecule has 0 bridgehead atoms. The number of hydrogen-bond donors (Lipinski definition) is 0. The molecule has 1 fully saturated rings. The van der Waals surface area contributed by atoms with Crippen molar-refractivity contribution in [3.8, 4) is 0 Å². The second kappa shape index (κ2) is 5.32. The van der Waals surface area contributed by atoms with Crippen LogP contribution in [0, 0.1) is 0 Å². The number of carbonyl (C=O) groups excluding carboxylic acids is 1. The van der Waals surface area contributed by atoms with Gasteiger partial charge in [-0.1, -0.05) is 6.92 Å². The van der Waals surface area contributed by atoms with E-state index in [-0.39, 0.29) is 12.7 Å². The van der Waals surface area contributed by atoms with Crippen LogP contribution >= 0.6 is 0 Å². The summed E-state index contributed by atoms with van der Waals surface area (Å²) in [7, 11) is 0. The summed E-state index contributed by atoms with van der Waals surface area (Å²) in [6, 6.07) is 0. The minimum Gasteiger partial charge on any atom is -0.435 e. The Morgan fingerprint density at radius 3 is 2.73 bits per heavy atom. The quantitative estimate of drug-likeness (QED) is 0.672. The molecule has 0 N–H and O–H groups in total. The Hall–Kier alpha value is -0.810. The molecule has 1 aliphatic heterocycles. The van der Waals surface area contributed by atoms with Crippen molar-refractivity contribution < 1.29 is 23.7 Å². The van der Waals surface area contributed by atoms with Crippen molar-refractivity contribution in [3.05, 3.63) is 0 Å². The first-order valence-corrected chi connectivity index (χ1v) is 5.21. The number of rotatable bonds is 4. The Bertz CT molecular complexity index is 218. The van der Waals surface area contributed by atoms with Gasteiger partial charge < -0.3 is 18.9 Å². The number of ether oxygens (including phenoxy) is 4. The molecule has 1 aliphatic rings. The third-order valence-corrected chi connectivity index (χ3v) is 2.28. The highest BCUT2D eigenvalue weighted by molar-refractivity contribution is 5.59. The maximum Gasteiger partial charge on any atom is 0.508 e. The van der Waals surface area contributed by atoms with Crippen LogP contribution in [0.25, 0.3) is 0 Å². The average molecular weight is 218 g/mol. The summed E-state index contributed by atoms with van der Waals surface area (Å²) in [4.78, 5) is 10.9. The highest BCUT2D eigenvalue weighted by Crippen LogP contribution is 2.26. The van der Waals surface area contributed by atoms with Crippen molar-refractivity contribution in [2.45, 2.75) is 39.1 Å². The third kappa shape index (κ3) is 3.68. The van der Waals surface area contributed by atoms with Crippen molar-refractivity contribution in [1.29, 1.82) is 0 Å². The Labute approximate surface area is 89.6 Å². The van der Waals surface area contributed by atoms with E-state index in [0.717, 1.165) is 6.42 Å². The first kappa shape index (κ1) is 12.3. The molecule has 1 rings (SSSR count). The SMILES string of the molecule is CCOC(=O)OCC1COC(C)(CC)O1. The molecule has 0 aliphatic carbocycles. The van der Waals surface area contributed by atoms with E-state index < -0.39 is 11.9 Å². The van der Waals surface area contributed by atoms with Gasteiger partial charge >= 0.3 is 6.16 Å². The summed E-state index contributed by atoms with van der Waals surface area (Å²) in [5.74, 6) is -0.539. The van der Waals surface area contributed by atoms with E-state index in [1.54, 1.807) is 6.92 Å². The van der Waals surface area contributed by atoms with Crippen LogP contribution in [-0.2, 0) is 18.9 Å². The maximum atomic E-state index is 10.9. The smallest absolute Gasteiger partial charge is 0.435 e. The Morgan fingerprint density at radius 2 is 2.20 bits per heavy atom. The summed E-state index contributed by atoms with van der Waals surface area (Å²) >= 11 is 0. The van der Waals surface area contributed by atoms with Crippen molar-refractivity contribution in [2.24, 2.45) is 0 Å². The van der Waals surface area contributed by atoms with Crippen LogP contribution in [0.5, 0.6) is 0 Å². The van der Waals surface area contributed by atoms with Crippen LogP contribution in [0.15, 0.2) is 0 Å². The molecule has 1 heterocycles. The van der Waals surface area contributed by atoms with E-state index >= 15 is 0 Å². The standard InChI is InChI=1S/C10H18O5/c1-4-10(3)14-7-8(15-10)6-13-9(11)12-5-2/h8H,4-7H2,1-3H3. The van der Waals surface area contributed by atoms with Gasteiger partial charge in [0, 0.05) is 0 Å². The largest absolute Gasteiger partial charge is 0.508 e. The van der Waals surface area contributed by atoms with Crippen LogP contribution < -0.4 is 0 Å². The summed E-state index contributed by atoms with van der Waals surface area (Å²) in [6.45, 7) is 6.52. The average Bonchev–Trinajstić information content (AvgIpc) is 2.59. The lowest BCUT2D eigenvalue weighted by Gasteiger charge is -2.20. The van der Waals surface area contributed by atoms with Crippen LogP contribution in [0.3, 0.4) is 0 Å². The highest BCUT2D eigenvalue weighted by Gasteiger charge is 2.36. The van der Waals surface area contributed by atoms with Crippen LogP contribution in [0.1, 0.15) is 27.2 Å². The Kier molecular flexibility index (Phi) is 4.35. The predicted octanol–water partition coefficient (Wildman–Crippen LogP) is 1.70. The van der Waals surface area contributed by atoms with Crippen LogP contribution in [0.4, 0.5) is 4.79 Å². The predicted molar refractivity (Wildman–Crippen MR) is 52.5 cm³/mol. The minimum atomic E-state index is -0.661. The molecular weight excluding hydrogens is 200 g/mol. The van der Waals surface area contributed by atoms with Gasteiger partial charge in [-0.15, -0.1) is 0 Å². The first-order valence-electron chi connectivity index (χ1n) is 5.21. The fourth-order valence-electron chi connectivity index (χ4n) is 1.28. The zero-order valence-corrected chi connectivity index (χ0v) is 9.45. The van der Waals surface area contributed by atoms with E-state index in [4.69, 9.17) is 14.2 Å². The van der Waals surface area contributed by atoms with Crippen LogP contribution in [-0.4, -0.2) is 37.9 Å². The van der Waals surface area contributed by atoms with Crippen molar-refractivity contribution >= 4 is 6.16 Å². The lowest BCUT2D eigenvalue weighted by atomic mass is 10.2. The Balaban J connectivity index is 2.22. The molecule has 5 heteroatoms. The first-order chi connectivity index (χ1) is 7.09. The normalized spacial score (nSPS) is 30.2. The second-order valence-corrected chi connectivity index (χ2v) is 3.53. The van der Waals surface area contributed by atoms with Gasteiger partial charge in [-0.2, -0.15) is 0 Å². The molecule has 0 aromatic heterocycles. The second-order valence-electron chi connectivity index (χ2n) is 3.53. The highest BCUT2D eigenvalue weighted by atomic mass is 16.8. The summed E-state index contributed by atoms with van der Waals surface area (Å²) in [5.41, 5.74) is 0. The number of carbonyl (C=O) groups is 1. The molecule has 1 saturated heterocycles. The molecular formula is C10H18O5. The summed E-state index contributed by atoms with van der Waals surface area (Å²) < 4.78 is 20.5. The van der Waals surface area contributed by atoms with E-state index in [1.165, 1.54) is 0 Å². The van der Waals surface area contributed by atoms with Crippen molar-refractivity contribution in [2.75, 3.05) is 19.8 Å². The fourth-order valence-corrected chi connectivity index (χ4v) is 1.28. The monoisotopic (exact) mass is 218 g/mol. The fraction of sp³-hybridized carbons (Fsp3) is 0.900. The number of hydrogen-bond acceptors (Lipinski definition) is 5. The summed E-state index contributed by atoms with van der Waals surface area (Å²) in [5, 5.41) is 0. The van der Waals surface area contributed by atoms with Crippen LogP contribution in [0.2, 0.25) is 0 Å². The van der Waals surface area contributed by atoms with Gasteiger partial charge in [0.15, 0.2) is 5.79 Å². The molecule has 0 radical (unpaired) electrons. The topological polar surface area (TPSA) is 54.0 Å². The molecule has 2 unspecified atom stereocenters. The zero-order valence-electron chi connectivity index (χ0n) is 9.45. The molecule has 5 nitrogen and oxygen atoms in total. The minimum absolute atomic E-state index is 0.175. The molecule has 15 heavy (non-hydrogen) atoms. The lowest BCUT2D eigenvalue weighted by molar-refractivity contribution is -0.159. The van der Waals surface area contributed by atoms with Gasteiger partial charge in [0.05, 0.1) is 13.2 Å². The summed E-state index contributed by atoms with van der Waals surface area (Å²) in [6.07, 6.45) is -0.0892. The van der Waals surface area contributed by atoms with E-state index in [2.05, 4.69) is 4.74 Å². The molecule has 0 spiro atoms. The van der Waals surface area contributed by atoms with E-state index in [0.29, 0.717) is 13.2 Å². The van der Waals surface area contributed by atoms with Gasteiger partial charge in [-0.25, -0.2) is 4.79 Å². The van der Waals surface area contributed by atoms with E-state index in [1.807, 2.05) is 13.8 Å². The van der Waals surface area contributed by atoms with E-state index in [9.17, 15) is 4.79 Å². The molecule has 88 valence electrons.